The largest absolute Gasteiger partial charge is 0.462 e. The van der Waals surface area contributed by atoms with Crippen LogP contribution in [0, 0.1) is 0 Å². The van der Waals surface area contributed by atoms with Crippen LogP contribution >= 0.6 is 0 Å². The summed E-state index contributed by atoms with van der Waals surface area (Å²) in [5.41, 5.74) is 0. The van der Waals surface area contributed by atoms with Gasteiger partial charge in [0.2, 0.25) is 0 Å². The van der Waals surface area contributed by atoms with Gasteiger partial charge in [-0.15, -0.1) is 0 Å². The number of ether oxygens (including phenoxy) is 3. The molecule has 0 bridgehead atoms. The van der Waals surface area contributed by atoms with Crippen LogP contribution in [0.25, 0.3) is 0 Å². The molecule has 0 aromatic carbocycles. The maximum Gasteiger partial charge on any atom is 0.306 e. The molecule has 0 saturated heterocycles. The van der Waals surface area contributed by atoms with Gasteiger partial charge in [0.05, 0.1) is 0 Å². The van der Waals surface area contributed by atoms with Crippen molar-refractivity contribution in [1.29, 1.82) is 0 Å². The first-order valence-corrected chi connectivity index (χ1v) is 35.9. The highest BCUT2D eigenvalue weighted by Crippen LogP contribution is 2.19. The lowest BCUT2D eigenvalue weighted by molar-refractivity contribution is -0.166. The maximum atomic E-state index is 12.9. The van der Waals surface area contributed by atoms with Gasteiger partial charge in [0.1, 0.15) is 13.2 Å². The van der Waals surface area contributed by atoms with Crippen molar-refractivity contribution >= 4 is 17.9 Å². The molecule has 0 amide bonds. The third-order valence-corrected chi connectivity index (χ3v) is 16.0. The van der Waals surface area contributed by atoms with Crippen molar-refractivity contribution in [2.45, 2.75) is 380 Å². The van der Waals surface area contributed by atoms with Crippen LogP contribution in [0.5, 0.6) is 0 Å². The third kappa shape index (κ3) is 67.6. The number of allylic oxidation sites excluding steroid dienone is 12. The van der Waals surface area contributed by atoms with Gasteiger partial charge >= 0.3 is 17.9 Å². The Morgan fingerprint density at radius 1 is 0.256 bits per heavy atom. The van der Waals surface area contributed by atoms with Gasteiger partial charge in [-0.3, -0.25) is 14.4 Å². The van der Waals surface area contributed by atoms with Gasteiger partial charge in [0, 0.05) is 19.3 Å². The highest BCUT2D eigenvalue weighted by Gasteiger charge is 2.19. The molecule has 0 fully saturated rings. The zero-order chi connectivity index (χ0) is 59.2. The molecule has 82 heavy (non-hydrogen) atoms. The van der Waals surface area contributed by atoms with E-state index < -0.39 is 6.10 Å². The first-order chi connectivity index (χ1) is 40.5. The van der Waals surface area contributed by atoms with Crippen molar-refractivity contribution in [3.8, 4) is 0 Å². The first kappa shape index (κ1) is 78.8. The molecule has 0 aliphatic rings. The number of unbranched alkanes of at least 4 members (excludes halogenated alkanes) is 43. The topological polar surface area (TPSA) is 78.9 Å². The van der Waals surface area contributed by atoms with E-state index >= 15 is 0 Å². The number of esters is 3. The number of carbonyl (C=O) groups excluding carboxylic acids is 3. The Morgan fingerprint density at radius 3 is 0.841 bits per heavy atom. The summed E-state index contributed by atoms with van der Waals surface area (Å²) < 4.78 is 16.9. The summed E-state index contributed by atoms with van der Waals surface area (Å²) in [5, 5.41) is 0. The summed E-state index contributed by atoms with van der Waals surface area (Å²) in [6.07, 6.45) is 92.6. The zero-order valence-corrected chi connectivity index (χ0v) is 54.8. The molecular weight excluding hydrogens is 1010 g/mol. The Bertz CT molecular complexity index is 1500. The van der Waals surface area contributed by atoms with E-state index in [1.165, 1.54) is 257 Å². The summed E-state index contributed by atoms with van der Waals surface area (Å²) in [5.74, 6) is -0.967. The molecular formula is C76H136O6. The Morgan fingerprint density at radius 2 is 0.500 bits per heavy atom. The van der Waals surface area contributed by atoms with E-state index in [-0.39, 0.29) is 37.5 Å². The van der Waals surface area contributed by atoms with Crippen LogP contribution in [0.1, 0.15) is 374 Å². The van der Waals surface area contributed by atoms with Crippen molar-refractivity contribution in [3.05, 3.63) is 72.9 Å². The van der Waals surface area contributed by atoms with E-state index in [0.29, 0.717) is 19.3 Å². The van der Waals surface area contributed by atoms with Crippen molar-refractivity contribution in [3.63, 3.8) is 0 Å². The van der Waals surface area contributed by atoms with Gasteiger partial charge in [-0.1, -0.05) is 351 Å². The summed E-state index contributed by atoms with van der Waals surface area (Å²) in [6, 6.07) is 0. The molecule has 6 nitrogen and oxygen atoms in total. The van der Waals surface area contributed by atoms with Crippen molar-refractivity contribution in [2.75, 3.05) is 13.2 Å². The van der Waals surface area contributed by atoms with Gasteiger partial charge in [-0.25, -0.2) is 0 Å². The van der Waals surface area contributed by atoms with E-state index in [1.807, 2.05) is 6.08 Å². The molecule has 0 radical (unpaired) electrons. The number of hydrogen-bond acceptors (Lipinski definition) is 6. The second-order valence-corrected chi connectivity index (χ2v) is 24.1. The predicted molar refractivity (Wildman–Crippen MR) is 358 cm³/mol. The van der Waals surface area contributed by atoms with E-state index in [0.717, 1.165) is 70.6 Å². The van der Waals surface area contributed by atoms with Crippen LogP contribution in [-0.2, 0) is 28.6 Å². The minimum absolute atomic E-state index is 0.0961. The lowest BCUT2D eigenvalue weighted by Crippen LogP contribution is -2.30. The van der Waals surface area contributed by atoms with Gasteiger partial charge in [-0.2, -0.15) is 0 Å². The Balaban J connectivity index is 4.17. The summed E-state index contributed by atoms with van der Waals surface area (Å²) in [4.78, 5) is 38.3. The number of hydrogen-bond donors (Lipinski definition) is 0. The van der Waals surface area contributed by atoms with Crippen LogP contribution in [0.3, 0.4) is 0 Å². The van der Waals surface area contributed by atoms with Crippen molar-refractivity contribution < 1.29 is 28.6 Å². The number of rotatable bonds is 66. The van der Waals surface area contributed by atoms with Gasteiger partial charge in [0.25, 0.3) is 0 Å². The van der Waals surface area contributed by atoms with Gasteiger partial charge in [-0.05, 0) is 77.0 Å². The SMILES string of the molecule is CC/C=C\C/C=C\C/C=C\C/C=C\CCC(=O)OCC(COC(=O)CCCCCCCCCCCCCCCCCCCCCCCCCCCCCCCCCC)OC(=O)CCCCCCCCCCC/C=C\C/C=C\CCCCC. The van der Waals surface area contributed by atoms with Crippen LogP contribution in [-0.4, -0.2) is 37.2 Å². The molecule has 0 saturated carbocycles. The molecule has 6 heteroatoms. The molecule has 1 atom stereocenters. The molecule has 0 rings (SSSR count). The van der Waals surface area contributed by atoms with Gasteiger partial charge in [0.15, 0.2) is 6.10 Å². The average molecular weight is 1150 g/mol. The second kappa shape index (κ2) is 70.3. The second-order valence-electron chi connectivity index (χ2n) is 24.1. The highest BCUT2D eigenvalue weighted by molar-refractivity contribution is 5.71. The van der Waals surface area contributed by atoms with E-state index in [4.69, 9.17) is 14.2 Å². The minimum Gasteiger partial charge on any atom is -0.462 e. The van der Waals surface area contributed by atoms with E-state index in [1.54, 1.807) is 0 Å². The molecule has 0 aromatic rings. The lowest BCUT2D eigenvalue weighted by atomic mass is 10.0. The Hall–Kier alpha value is -3.15. The van der Waals surface area contributed by atoms with E-state index in [2.05, 4.69) is 87.6 Å². The molecule has 0 heterocycles. The van der Waals surface area contributed by atoms with Crippen LogP contribution in [0.4, 0.5) is 0 Å². The number of carbonyl (C=O) groups is 3. The fraction of sp³-hybridized carbons (Fsp3) is 0.803. The average Bonchev–Trinajstić information content (AvgIpc) is 3.47. The zero-order valence-electron chi connectivity index (χ0n) is 54.8. The molecule has 0 aliphatic heterocycles. The fourth-order valence-corrected chi connectivity index (χ4v) is 10.6. The maximum absolute atomic E-state index is 12.9. The Labute approximate surface area is 510 Å². The highest BCUT2D eigenvalue weighted by atomic mass is 16.6. The quantitative estimate of drug-likeness (QED) is 0.0261. The smallest absolute Gasteiger partial charge is 0.306 e. The van der Waals surface area contributed by atoms with Crippen LogP contribution < -0.4 is 0 Å². The van der Waals surface area contributed by atoms with Crippen LogP contribution in [0.2, 0.25) is 0 Å². The third-order valence-electron chi connectivity index (χ3n) is 16.0. The van der Waals surface area contributed by atoms with Crippen molar-refractivity contribution in [1.82, 2.24) is 0 Å². The minimum atomic E-state index is -0.807. The molecule has 0 spiro atoms. The normalized spacial score (nSPS) is 12.5. The van der Waals surface area contributed by atoms with Crippen molar-refractivity contribution in [2.24, 2.45) is 0 Å². The standard InChI is InChI=1S/C76H136O6/c1-4-7-10-13-16-19-22-25-27-29-31-32-33-34-35-36-37-38-39-40-41-42-43-45-46-48-51-54-57-60-63-66-69-75(78)81-72-73(71-80-74(77)68-65-62-59-56-53-50-24-21-18-15-12-9-6-3)82-76(79)70-67-64-61-58-55-52-49-47-44-30-28-26-23-20-17-14-11-8-5-2/h9,12,17-18,20-21,26,28,50,53,59,62,73H,4-8,10-11,13-16,19,22-25,27,29-49,51-52,54-58,60-61,63-72H2,1-3H3/b12-9-,20-17-,21-18-,28-26-,53-50-,62-59-. The first-order valence-electron chi connectivity index (χ1n) is 35.9. The molecule has 1 unspecified atom stereocenters. The molecule has 476 valence electrons. The summed E-state index contributed by atoms with van der Waals surface area (Å²) in [6.45, 7) is 6.49. The monoisotopic (exact) mass is 1150 g/mol. The molecule has 0 N–H and O–H groups in total. The summed E-state index contributed by atoms with van der Waals surface area (Å²) in [7, 11) is 0. The van der Waals surface area contributed by atoms with E-state index in [9.17, 15) is 14.4 Å². The molecule has 0 aromatic heterocycles. The fourth-order valence-electron chi connectivity index (χ4n) is 10.6. The van der Waals surface area contributed by atoms with Gasteiger partial charge < -0.3 is 14.2 Å². The van der Waals surface area contributed by atoms with Crippen LogP contribution in [0.15, 0.2) is 72.9 Å². The molecule has 0 aliphatic carbocycles. The predicted octanol–water partition coefficient (Wildman–Crippen LogP) is 24.8. The summed E-state index contributed by atoms with van der Waals surface area (Å²) >= 11 is 0. The Kier molecular flexibility index (Phi) is 67.6. The lowest BCUT2D eigenvalue weighted by Gasteiger charge is -2.18.